The quantitative estimate of drug-likeness (QED) is 0.677. The van der Waals surface area contributed by atoms with Crippen LogP contribution in [0.2, 0.25) is 10.2 Å². The van der Waals surface area contributed by atoms with Crippen molar-refractivity contribution in [1.82, 2.24) is 14.9 Å². The number of nitrogens with one attached hydrogen (secondary N) is 2. The molecule has 0 radical (unpaired) electrons. The third-order valence-electron chi connectivity index (χ3n) is 3.35. The summed E-state index contributed by atoms with van der Waals surface area (Å²) in [7, 11) is 1.58. The molecule has 0 atom stereocenters. The molecule has 0 saturated heterocycles. The molecule has 0 bridgehead atoms. The first-order valence-electron chi connectivity index (χ1n) is 8.08. The molecule has 3 aromatic heterocycles. The van der Waals surface area contributed by atoms with E-state index in [1.165, 1.54) is 28.2 Å². The molecule has 3 aromatic rings. The van der Waals surface area contributed by atoms with Crippen molar-refractivity contribution in [3.8, 4) is 0 Å². The van der Waals surface area contributed by atoms with Crippen LogP contribution in [0.5, 0.6) is 0 Å². The number of aromatic nitrogens is 2. The Balaban J connectivity index is 2.09. The Morgan fingerprint density at radius 2 is 2.21 bits per heavy atom. The lowest BCUT2D eigenvalue weighted by Gasteiger charge is -2.11. The van der Waals surface area contributed by atoms with Crippen molar-refractivity contribution in [2.24, 2.45) is 7.05 Å². The van der Waals surface area contributed by atoms with E-state index in [1.54, 1.807) is 12.4 Å². The standard InChI is InChI=1S/C15H12Cl2N4O2S/c1-18-14(22)7-4-19-11(17)3-9(7)20-10-6-24-13-8(16)5-21(2)15(23)12(10)13/h3-6H,1-2H3,(H,18,22)(H,19,20)/i1D3. The normalized spacial score (nSPS) is 13.2. The second kappa shape index (κ2) is 6.43. The topological polar surface area (TPSA) is 76.0 Å². The Bertz CT molecular complexity index is 1110. The lowest BCUT2D eigenvalue weighted by molar-refractivity contribution is 0.0963. The summed E-state index contributed by atoms with van der Waals surface area (Å²) in [5.41, 5.74) is 0.322. The number of pyridine rings is 2. The molecule has 124 valence electrons. The summed E-state index contributed by atoms with van der Waals surface area (Å²) in [6.45, 7) is -2.66. The molecular formula is C15H12Cl2N4O2S. The van der Waals surface area contributed by atoms with Crippen LogP contribution in [0.4, 0.5) is 11.4 Å². The van der Waals surface area contributed by atoms with Gasteiger partial charge in [-0.05, 0) is 6.07 Å². The van der Waals surface area contributed by atoms with Crippen molar-refractivity contribution in [2.45, 2.75) is 0 Å². The molecule has 0 aliphatic carbocycles. The average molecular weight is 386 g/mol. The number of nitrogens with zero attached hydrogens (tertiary/aromatic N) is 2. The summed E-state index contributed by atoms with van der Waals surface area (Å²) in [5, 5.41) is 7.40. The summed E-state index contributed by atoms with van der Waals surface area (Å²) in [6.07, 6.45) is 2.68. The van der Waals surface area contributed by atoms with Gasteiger partial charge in [0, 0.05) is 35.9 Å². The number of anilines is 2. The van der Waals surface area contributed by atoms with Gasteiger partial charge in [0.05, 0.1) is 32.0 Å². The summed E-state index contributed by atoms with van der Waals surface area (Å²) >= 11 is 13.4. The zero-order valence-corrected chi connectivity index (χ0v) is 14.5. The van der Waals surface area contributed by atoms with Gasteiger partial charge >= 0.3 is 0 Å². The van der Waals surface area contributed by atoms with E-state index in [4.69, 9.17) is 27.3 Å². The van der Waals surface area contributed by atoms with E-state index in [-0.39, 0.29) is 22.0 Å². The number of hydrogen-bond donors (Lipinski definition) is 2. The van der Waals surface area contributed by atoms with Gasteiger partial charge in [-0.2, -0.15) is 0 Å². The molecule has 0 aliphatic heterocycles. The lowest BCUT2D eigenvalue weighted by atomic mass is 10.2. The highest BCUT2D eigenvalue weighted by Gasteiger charge is 2.16. The number of thiophene rings is 1. The van der Waals surface area contributed by atoms with E-state index >= 15 is 0 Å². The highest BCUT2D eigenvalue weighted by Crippen LogP contribution is 2.35. The van der Waals surface area contributed by atoms with Crippen molar-refractivity contribution in [3.05, 3.63) is 49.9 Å². The molecule has 1 amide bonds. The van der Waals surface area contributed by atoms with E-state index in [2.05, 4.69) is 10.3 Å². The first kappa shape index (κ1) is 13.2. The molecule has 0 spiro atoms. The Kier molecular flexibility index (Phi) is 3.54. The number of hydrogen-bond acceptors (Lipinski definition) is 5. The summed E-state index contributed by atoms with van der Waals surface area (Å²) in [4.78, 5) is 28.6. The number of halogens is 2. The van der Waals surface area contributed by atoms with Gasteiger partial charge in [-0.3, -0.25) is 9.59 Å². The number of rotatable bonds is 3. The predicted molar refractivity (Wildman–Crippen MR) is 98.0 cm³/mol. The Labute approximate surface area is 155 Å². The van der Waals surface area contributed by atoms with Gasteiger partial charge < -0.3 is 15.2 Å². The van der Waals surface area contributed by atoms with E-state index < -0.39 is 12.9 Å². The van der Waals surface area contributed by atoms with Crippen LogP contribution in [0.3, 0.4) is 0 Å². The van der Waals surface area contributed by atoms with E-state index in [9.17, 15) is 9.59 Å². The largest absolute Gasteiger partial charge is 0.355 e. The first-order chi connectivity index (χ1) is 12.6. The third kappa shape index (κ3) is 2.86. The zero-order valence-electron chi connectivity index (χ0n) is 15.2. The molecular weight excluding hydrogens is 371 g/mol. The maximum Gasteiger partial charge on any atom is 0.261 e. The van der Waals surface area contributed by atoms with Crippen molar-refractivity contribution in [1.29, 1.82) is 0 Å². The fourth-order valence-electron chi connectivity index (χ4n) is 2.23. The Morgan fingerprint density at radius 3 is 2.96 bits per heavy atom. The molecule has 2 N–H and O–H groups in total. The minimum absolute atomic E-state index is 0.0336. The minimum Gasteiger partial charge on any atom is -0.355 e. The maximum atomic E-state index is 12.5. The highest BCUT2D eigenvalue weighted by atomic mass is 35.5. The first-order valence-corrected chi connectivity index (χ1v) is 8.22. The minimum atomic E-state index is -2.66. The van der Waals surface area contributed by atoms with E-state index in [1.807, 2.05) is 5.32 Å². The van der Waals surface area contributed by atoms with Crippen LogP contribution in [0, 0.1) is 0 Å². The Morgan fingerprint density at radius 1 is 1.42 bits per heavy atom. The van der Waals surface area contributed by atoms with E-state index in [0.717, 1.165) is 6.20 Å². The number of fused-ring (bicyclic) bond motifs is 1. The molecule has 3 heterocycles. The summed E-state index contributed by atoms with van der Waals surface area (Å²) < 4.78 is 23.5. The fraction of sp³-hybridized carbons (Fsp3) is 0.133. The maximum absolute atomic E-state index is 12.5. The number of carbonyl (C=O) groups is 1. The van der Waals surface area contributed by atoms with Gasteiger partial charge in [0.2, 0.25) is 0 Å². The van der Waals surface area contributed by atoms with Crippen LogP contribution in [0.25, 0.3) is 10.1 Å². The molecule has 0 aliphatic rings. The van der Waals surface area contributed by atoms with Gasteiger partial charge in [-0.1, -0.05) is 23.2 Å². The molecule has 0 aromatic carbocycles. The Hall–Kier alpha value is -2.09. The number of amides is 1. The van der Waals surface area contributed by atoms with Crippen molar-refractivity contribution in [3.63, 3.8) is 0 Å². The van der Waals surface area contributed by atoms with Gasteiger partial charge in [0.1, 0.15) is 5.15 Å². The van der Waals surface area contributed by atoms with Crippen LogP contribution in [-0.4, -0.2) is 22.4 Å². The van der Waals surface area contributed by atoms with E-state index in [0.29, 0.717) is 20.8 Å². The molecule has 24 heavy (non-hydrogen) atoms. The van der Waals surface area contributed by atoms with Crippen LogP contribution < -0.4 is 16.2 Å². The molecule has 6 nitrogen and oxygen atoms in total. The number of aryl methyl sites for hydroxylation is 1. The molecule has 9 heteroatoms. The molecule has 0 unspecified atom stereocenters. The predicted octanol–water partition coefficient (Wildman–Crippen LogP) is 3.41. The molecule has 0 saturated carbocycles. The SMILES string of the molecule is [2H]C([2H])([2H])NC(=O)c1cnc(Cl)cc1Nc1csc2c(Cl)cn(C)c(=O)c12. The van der Waals surface area contributed by atoms with Crippen LogP contribution in [0.15, 0.2) is 28.6 Å². The van der Waals surface area contributed by atoms with Crippen molar-refractivity contribution < 1.29 is 8.91 Å². The number of carbonyl (C=O) groups excluding carboxylic acids is 1. The lowest BCUT2D eigenvalue weighted by Crippen LogP contribution is -2.20. The van der Waals surface area contributed by atoms with Crippen LogP contribution >= 0.6 is 34.5 Å². The van der Waals surface area contributed by atoms with Crippen LogP contribution in [0.1, 0.15) is 14.5 Å². The van der Waals surface area contributed by atoms with Gasteiger partial charge in [0.15, 0.2) is 0 Å². The summed E-state index contributed by atoms with van der Waals surface area (Å²) in [6, 6.07) is 1.37. The van der Waals surface area contributed by atoms with Crippen molar-refractivity contribution in [2.75, 3.05) is 12.3 Å². The highest BCUT2D eigenvalue weighted by molar-refractivity contribution is 7.18. The van der Waals surface area contributed by atoms with Gasteiger partial charge in [0.25, 0.3) is 11.5 Å². The van der Waals surface area contributed by atoms with Crippen LogP contribution in [-0.2, 0) is 7.05 Å². The summed E-state index contributed by atoms with van der Waals surface area (Å²) in [5.74, 6) is -0.855. The second-order valence-electron chi connectivity index (χ2n) is 4.88. The van der Waals surface area contributed by atoms with Gasteiger partial charge in [-0.25, -0.2) is 4.98 Å². The van der Waals surface area contributed by atoms with Crippen molar-refractivity contribution >= 4 is 61.9 Å². The smallest absolute Gasteiger partial charge is 0.261 e. The monoisotopic (exact) mass is 385 g/mol. The van der Waals surface area contributed by atoms with Gasteiger partial charge in [-0.15, -0.1) is 11.3 Å². The fourth-order valence-corrected chi connectivity index (χ4v) is 3.65. The molecule has 0 fully saturated rings. The zero-order chi connectivity index (χ0) is 19.9. The second-order valence-corrected chi connectivity index (χ2v) is 6.55. The average Bonchev–Trinajstić information content (AvgIpc) is 2.95. The third-order valence-corrected chi connectivity index (χ3v) is 4.97. The molecule has 3 rings (SSSR count).